The van der Waals surface area contributed by atoms with Crippen LogP contribution in [0.5, 0.6) is 5.75 Å². The van der Waals surface area contributed by atoms with Gasteiger partial charge in [0.25, 0.3) is 0 Å². The van der Waals surface area contributed by atoms with Crippen molar-refractivity contribution in [1.29, 1.82) is 0 Å². The predicted molar refractivity (Wildman–Crippen MR) is 79.6 cm³/mol. The Labute approximate surface area is 121 Å². The largest absolute Gasteiger partial charge is 0.496 e. The smallest absolute Gasteiger partial charge is 0.304 e. The summed E-state index contributed by atoms with van der Waals surface area (Å²) in [6.07, 6.45) is 3.00. The van der Waals surface area contributed by atoms with Crippen LogP contribution in [-0.4, -0.2) is 18.2 Å². The molecule has 0 bridgehead atoms. The molecule has 20 heavy (non-hydrogen) atoms. The zero-order valence-corrected chi connectivity index (χ0v) is 12.8. The van der Waals surface area contributed by atoms with Gasteiger partial charge in [-0.25, -0.2) is 0 Å². The van der Waals surface area contributed by atoms with E-state index in [0.717, 1.165) is 30.6 Å². The molecule has 0 amide bonds. The summed E-state index contributed by atoms with van der Waals surface area (Å²) in [6, 6.07) is 4.28. The minimum atomic E-state index is -0.721. The summed E-state index contributed by atoms with van der Waals surface area (Å²) in [5, 5.41) is 9.23. The standard InChI is InChI=1S/C17H24O3/c1-5-12-6-7-13(11(2)3)15(16(12)20-4)17(8-9-17)10-14(18)19/h6-7,11H,5,8-10H2,1-4H3,(H,18,19). The second-order valence-electron chi connectivity index (χ2n) is 6.08. The highest BCUT2D eigenvalue weighted by atomic mass is 16.5. The lowest BCUT2D eigenvalue weighted by Gasteiger charge is -2.25. The molecule has 0 aliphatic heterocycles. The maximum atomic E-state index is 11.2. The average Bonchev–Trinajstić information content (AvgIpc) is 3.16. The Morgan fingerprint density at radius 2 is 2.05 bits per heavy atom. The van der Waals surface area contributed by atoms with E-state index in [0.29, 0.717) is 5.92 Å². The second kappa shape index (κ2) is 5.47. The van der Waals surface area contributed by atoms with Crippen LogP contribution in [0.1, 0.15) is 62.6 Å². The van der Waals surface area contributed by atoms with E-state index in [1.165, 1.54) is 11.1 Å². The normalized spacial score (nSPS) is 16.2. The summed E-state index contributed by atoms with van der Waals surface area (Å²) in [4.78, 5) is 11.2. The van der Waals surface area contributed by atoms with Gasteiger partial charge in [0.2, 0.25) is 0 Å². The van der Waals surface area contributed by atoms with E-state index in [4.69, 9.17) is 4.74 Å². The molecule has 1 aromatic carbocycles. The van der Waals surface area contributed by atoms with Crippen molar-refractivity contribution in [1.82, 2.24) is 0 Å². The summed E-state index contributed by atoms with van der Waals surface area (Å²) in [5.74, 6) is 0.565. The lowest BCUT2D eigenvalue weighted by molar-refractivity contribution is -0.137. The number of carbonyl (C=O) groups is 1. The molecule has 1 aliphatic rings. The van der Waals surface area contributed by atoms with Gasteiger partial charge in [-0.1, -0.05) is 32.9 Å². The molecule has 2 rings (SSSR count). The highest BCUT2D eigenvalue weighted by Crippen LogP contribution is 2.56. The first kappa shape index (κ1) is 14.9. The molecule has 1 N–H and O–H groups in total. The number of aryl methyl sites for hydroxylation is 1. The molecule has 0 unspecified atom stereocenters. The summed E-state index contributed by atoms with van der Waals surface area (Å²) in [6.45, 7) is 6.41. The third kappa shape index (κ3) is 2.54. The Bertz CT molecular complexity index is 513. The molecule has 1 aromatic rings. The first-order valence-corrected chi connectivity index (χ1v) is 7.37. The molecule has 110 valence electrons. The quantitative estimate of drug-likeness (QED) is 0.857. The number of rotatable bonds is 6. The van der Waals surface area contributed by atoms with Gasteiger partial charge in [-0.15, -0.1) is 0 Å². The van der Waals surface area contributed by atoms with Crippen molar-refractivity contribution in [2.75, 3.05) is 7.11 Å². The van der Waals surface area contributed by atoms with Gasteiger partial charge in [-0.05, 0) is 36.3 Å². The molecule has 0 spiro atoms. The number of ether oxygens (including phenoxy) is 1. The minimum absolute atomic E-state index is 0.205. The molecule has 1 aliphatic carbocycles. The number of carboxylic acid groups (broad SMARTS) is 1. The molecule has 0 atom stereocenters. The second-order valence-corrected chi connectivity index (χ2v) is 6.08. The van der Waals surface area contributed by atoms with Crippen molar-refractivity contribution in [2.45, 2.75) is 57.8 Å². The van der Waals surface area contributed by atoms with Crippen LogP contribution in [0.4, 0.5) is 0 Å². The topological polar surface area (TPSA) is 46.5 Å². The first-order chi connectivity index (χ1) is 9.45. The molecular formula is C17H24O3. The number of hydrogen-bond acceptors (Lipinski definition) is 2. The van der Waals surface area contributed by atoms with E-state index >= 15 is 0 Å². The first-order valence-electron chi connectivity index (χ1n) is 7.37. The van der Waals surface area contributed by atoms with Gasteiger partial charge in [0.15, 0.2) is 0 Å². The third-order valence-corrected chi connectivity index (χ3v) is 4.35. The van der Waals surface area contributed by atoms with Crippen molar-refractivity contribution >= 4 is 5.97 Å². The van der Waals surface area contributed by atoms with E-state index in [1.54, 1.807) is 7.11 Å². The molecule has 0 heterocycles. The van der Waals surface area contributed by atoms with Gasteiger partial charge in [0.1, 0.15) is 5.75 Å². The summed E-state index contributed by atoms with van der Waals surface area (Å²) >= 11 is 0. The number of methoxy groups -OCH3 is 1. The monoisotopic (exact) mass is 276 g/mol. The van der Waals surface area contributed by atoms with Crippen molar-refractivity contribution in [3.8, 4) is 5.75 Å². The van der Waals surface area contributed by atoms with Crippen LogP contribution in [0.2, 0.25) is 0 Å². The van der Waals surface area contributed by atoms with E-state index in [2.05, 4.69) is 32.9 Å². The van der Waals surface area contributed by atoms with Crippen LogP contribution in [-0.2, 0) is 16.6 Å². The lowest BCUT2D eigenvalue weighted by atomic mass is 9.82. The van der Waals surface area contributed by atoms with Gasteiger partial charge >= 0.3 is 5.97 Å². The van der Waals surface area contributed by atoms with Crippen LogP contribution in [0.25, 0.3) is 0 Å². The Morgan fingerprint density at radius 3 is 2.45 bits per heavy atom. The maximum Gasteiger partial charge on any atom is 0.304 e. The van der Waals surface area contributed by atoms with Crippen molar-refractivity contribution in [3.63, 3.8) is 0 Å². The Morgan fingerprint density at radius 1 is 1.40 bits per heavy atom. The van der Waals surface area contributed by atoms with Crippen molar-refractivity contribution < 1.29 is 14.6 Å². The fourth-order valence-electron chi connectivity index (χ4n) is 3.14. The molecule has 0 radical (unpaired) electrons. The third-order valence-electron chi connectivity index (χ3n) is 4.35. The summed E-state index contributed by atoms with van der Waals surface area (Å²) in [7, 11) is 1.69. The van der Waals surface area contributed by atoms with Gasteiger partial charge in [-0.2, -0.15) is 0 Å². The number of aliphatic carboxylic acids is 1. The number of carboxylic acids is 1. The molecule has 1 saturated carbocycles. The van der Waals surface area contributed by atoms with E-state index in [1.807, 2.05) is 0 Å². The van der Waals surface area contributed by atoms with Crippen LogP contribution >= 0.6 is 0 Å². The Balaban J connectivity index is 2.61. The summed E-state index contributed by atoms with van der Waals surface area (Å²) < 4.78 is 5.67. The SMILES string of the molecule is CCc1ccc(C(C)C)c(C2(CC(=O)O)CC2)c1OC. The van der Waals surface area contributed by atoms with Gasteiger partial charge in [0.05, 0.1) is 13.5 Å². The van der Waals surface area contributed by atoms with E-state index in [9.17, 15) is 9.90 Å². The van der Waals surface area contributed by atoms with Crippen LogP contribution < -0.4 is 4.74 Å². The average molecular weight is 276 g/mol. The highest BCUT2D eigenvalue weighted by Gasteiger charge is 2.49. The highest BCUT2D eigenvalue weighted by molar-refractivity contribution is 5.71. The molecule has 3 nitrogen and oxygen atoms in total. The van der Waals surface area contributed by atoms with Gasteiger partial charge < -0.3 is 9.84 Å². The summed E-state index contributed by atoms with van der Waals surface area (Å²) in [5.41, 5.74) is 3.35. The number of benzene rings is 1. The minimum Gasteiger partial charge on any atom is -0.496 e. The Hall–Kier alpha value is -1.51. The zero-order valence-electron chi connectivity index (χ0n) is 12.8. The molecule has 3 heteroatoms. The molecule has 0 aromatic heterocycles. The molecule has 1 fully saturated rings. The van der Waals surface area contributed by atoms with E-state index in [-0.39, 0.29) is 11.8 Å². The Kier molecular flexibility index (Phi) is 4.07. The van der Waals surface area contributed by atoms with Crippen LogP contribution in [0.3, 0.4) is 0 Å². The van der Waals surface area contributed by atoms with E-state index < -0.39 is 5.97 Å². The zero-order chi connectivity index (χ0) is 14.9. The van der Waals surface area contributed by atoms with Gasteiger partial charge in [0, 0.05) is 11.0 Å². The van der Waals surface area contributed by atoms with Crippen LogP contribution in [0.15, 0.2) is 12.1 Å². The maximum absolute atomic E-state index is 11.2. The van der Waals surface area contributed by atoms with Gasteiger partial charge in [-0.3, -0.25) is 4.79 Å². The van der Waals surface area contributed by atoms with Crippen molar-refractivity contribution in [3.05, 3.63) is 28.8 Å². The lowest BCUT2D eigenvalue weighted by Crippen LogP contribution is -2.18. The van der Waals surface area contributed by atoms with Crippen LogP contribution in [0, 0.1) is 0 Å². The fraction of sp³-hybridized carbons (Fsp3) is 0.588. The number of hydrogen-bond donors (Lipinski definition) is 1. The fourth-order valence-corrected chi connectivity index (χ4v) is 3.14. The molecular weight excluding hydrogens is 252 g/mol. The van der Waals surface area contributed by atoms with Crippen molar-refractivity contribution in [2.24, 2.45) is 0 Å². The molecule has 0 saturated heterocycles. The predicted octanol–water partition coefficient (Wildman–Crippen LogP) is 3.89.